The lowest BCUT2D eigenvalue weighted by Gasteiger charge is -2.08. The van der Waals surface area contributed by atoms with Gasteiger partial charge in [0.1, 0.15) is 4.90 Å². The molecule has 5 nitrogen and oxygen atoms in total. The number of amides is 1. The standard InChI is InChI=1S/C15H18N2O3S2/c1-4-16-15(18)12-5-7-13(8-6-12)17-22(19,20)14-9-10(2)21-11(14)3/h5-9,17H,4H2,1-3H3,(H,16,18). The number of anilines is 1. The Morgan fingerprint density at radius 3 is 2.32 bits per heavy atom. The molecule has 1 aromatic carbocycles. The van der Waals surface area contributed by atoms with Crippen molar-refractivity contribution in [3.63, 3.8) is 0 Å². The molecular weight excluding hydrogens is 320 g/mol. The molecule has 0 saturated heterocycles. The molecule has 1 heterocycles. The first-order valence-corrected chi connectivity index (χ1v) is 9.11. The van der Waals surface area contributed by atoms with Crippen LogP contribution in [0.5, 0.6) is 0 Å². The summed E-state index contributed by atoms with van der Waals surface area (Å²) in [6.07, 6.45) is 0. The van der Waals surface area contributed by atoms with Gasteiger partial charge in [0.25, 0.3) is 15.9 Å². The van der Waals surface area contributed by atoms with E-state index in [4.69, 9.17) is 0 Å². The lowest BCUT2D eigenvalue weighted by molar-refractivity contribution is 0.0956. The maximum Gasteiger partial charge on any atom is 0.262 e. The predicted molar refractivity (Wildman–Crippen MR) is 89.1 cm³/mol. The van der Waals surface area contributed by atoms with Gasteiger partial charge in [0, 0.05) is 27.5 Å². The van der Waals surface area contributed by atoms with Crippen LogP contribution in [-0.4, -0.2) is 20.9 Å². The zero-order chi connectivity index (χ0) is 16.3. The van der Waals surface area contributed by atoms with Gasteiger partial charge in [0.2, 0.25) is 0 Å². The van der Waals surface area contributed by atoms with Crippen LogP contribution >= 0.6 is 11.3 Å². The third kappa shape index (κ3) is 3.66. The second kappa shape index (κ2) is 6.50. The second-order valence-corrected chi connectivity index (χ2v) is 7.93. The number of sulfonamides is 1. The fourth-order valence-corrected chi connectivity index (χ4v) is 4.65. The molecule has 0 aliphatic carbocycles. The van der Waals surface area contributed by atoms with Crippen LogP contribution in [0.3, 0.4) is 0 Å². The molecule has 7 heteroatoms. The molecule has 118 valence electrons. The lowest BCUT2D eigenvalue weighted by Crippen LogP contribution is -2.22. The van der Waals surface area contributed by atoms with E-state index in [0.29, 0.717) is 22.7 Å². The summed E-state index contributed by atoms with van der Waals surface area (Å²) in [5.41, 5.74) is 0.920. The molecule has 2 aromatic rings. The van der Waals surface area contributed by atoms with Crippen molar-refractivity contribution >= 4 is 33.0 Å². The minimum atomic E-state index is -3.61. The van der Waals surface area contributed by atoms with Gasteiger partial charge in [-0.05, 0) is 51.1 Å². The van der Waals surface area contributed by atoms with E-state index in [1.807, 2.05) is 13.8 Å². The van der Waals surface area contributed by atoms with Crippen LogP contribution in [0.15, 0.2) is 35.2 Å². The number of carbonyl (C=O) groups excluding carboxylic acids is 1. The van der Waals surface area contributed by atoms with E-state index in [9.17, 15) is 13.2 Å². The first kappa shape index (κ1) is 16.5. The Balaban J connectivity index is 2.20. The first-order chi connectivity index (χ1) is 10.3. The highest BCUT2D eigenvalue weighted by Crippen LogP contribution is 2.26. The Bertz CT molecular complexity index is 778. The Morgan fingerprint density at radius 1 is 1.18 bits per heavy atom. The summed E-state index contributed by atoms with van der Waals surface area (Å²) in [5.74, 6) is -0.179. The summed E-state index contributed by atoms with van der Waals surface area (Å²) in [6.45, 7) is 6.04. The maximum atomic E-state index is 12.4. The van der Waals surface area contributed by atoms with Crippen molar-refractivity contribution in [2.45, 2.75) is 25.7 Å². The van der Waals surface area contributed by atoms with Crippen LogP contribution in [0.4, 0.5) is 5.69 Å². The highest BCUT2D eigenvalue weighted by Gasteiger charge is 2.19. The zero-order valence-corrected chi connectivity index (χ0v) is 14.3. The average Bonchev–Trinajstić information content (AvgIpc) is 2.79. The van der Waals surface area contributed by atoms with E-state index >= 15 is 0 Å². The third-order valence-corrected chi connectivity index (χ3v) is 5.62. The minimum Gasteiger partial charge on any atom is -0.352 e. The molecule has 1 aromatic heterocycles. The number of hydrogen-bond donors (Lipinski definition) is 2. The van der Waals surface area contributed by atoms with Gasteiger partial charge in [-0.25, -0.2) is 8.42 Å². The normalized spacial score (nSPS) is 11.2. The summed E-state index contributed by atoms with van der Waals surface area (Å²) in [7, 11) is -3.61. The SMILES string of the molecule is CCNC(=O)c1ccc(NS(=O)(=O)c2cc(C)sc2C)cc1. The van der Waals surface area contributed by atoms with Gasteiger partial charge in [0.15, 0.2) is 0 Å². The van der Waals surface area contributed by atoms with Crippen molar-refractivity contribution < 1.29 is 13.2 Å². The van der Waals surface area contributed by atoms with Crippen molar-refractivity contribution in [1.82, 2.24) is 5.32 Å². The highest BCUT2D eigenvalue weighted by atomic mass is 32.2. The number of nitrogens with one attached hydrogen (secondary N) is 2. The monoisotopic (exact) mass is 338 g/mol. The Labute approximate surface area is 134 Å². The van der Waals surface area contributed by atoms with Crippen LogP contribution in [0.2, 0.25) is 0 Å². The number of rotatable bonds is 5. The molecule has 0 saturated carbocycles. The largest absolute Gasteiger partial charge is 0.352 e. The summed E-state index contributed by atoms with van der Waals surface area (Å²) in [6, 6.07) is 8.00. The van der Waals surface area contributed by atoms with Crippen molar-refractivity contribution in [2.75, 3.05) is 11.3 Å². The third-order valence-electron chi connectivity index (χ3n) is 3.02. The number of thiophene rings is 1. The summed E-state index contributed by atoms with van der Waals surface area (Å²) in [4.78, 5) is 13.7. The van der Waals surface area contributed by atoms with Gasteiger partial charge >= 0.3 is 0 Å². The Kier molecular flexibility index (Phi) is 4.87. The Hall–Kier alpha value is -1.86. The van der Waals surface area contributed by atoms with E-state index < -0.39 is 10.0 Å². The van der Waals surface area contributed by atoms with E-state index in [2.05, 4.69) is 10.0 Å². The summed E-state index contributed by atoms with van der Waals surface area (Å²) >= 11 is 1.45. The van der Waals surface area contributed by atoms with E-state index in [-0.39, 0.29) is 5.91 Å². The molecule has 0 bridgehead atoms. The second-order valence-electron chi connectivity index (χ2n) is 4.82. The fraction of sp³-hybridized carbons (Fsp3) is 0.267. The minimum absolute atomic E-state index is 0.179. The molecule has 0 radical (unpaired) electrons. The molecule has 22 heavy (non-hydrogen) atoms. The summed E-state index contributed by atoms with van der Waals surface area (Å²) in [5, 5.41) is 2.69. The first-order valence-electron chi connectivity index (χ1n) is 6.81. The van der Waals surface area contributed by atoms with Gasteiger partial charge in [-0.15, -0.1) is 11.3 Å². The molecule has 0 aliphatic rings. The molecule has 0 aliphatic heterocycles. The molecule has 0 spiro atoms. The molecule has 2 rings (SSSR count). The zero-order valence-electron chi connectivity index (χ0n) is 12.6. The van der Waals surface area contributed by atoms with E-state index in [1.54, 1.807) is 37.3 Å². The van der Waals surface area contributed by atoms with Gasteiger partial charge in [-0.1, -0.05) is 0 Å². The van der Waals surface area contributed by atoms with Gasteiger partial charge in [-0.2, -0.15) is 0 Å². The van der Waals surface area contributed by atoms with Crippen molar-refractivity contribution in [3.05, 3.63) is 45.6 Å². The van der Waals surface area contributed by atoms with Crippen LogP contribution in [0.25, 0.3) is 0 Å². The molecular formula is C15H18N2O3S2. The van der Waals surface area contributed by atoms with Crippen LogP contribution in [0.1, 0.15) is 27.0 Å². The maximum absolute atomic E-state index is 12.4. The number of aryl methyl sites for hydroxylation is 2. The number of benzene rings is 1. The quantitative estimate of drug-likeness (QED) is 0.880. The fourth-order valence-electron chi connectivity index (χ4n) is 2.04. The molecule has 2 N–H and O–H groups in total. The average molecular weight is 338 g/mol. The number of hydrogen-bond acceptors (Lipinski definition) is 4. The predicted octanol–water partition coefficient (Wildman–Crippen LogP) is 2.92. The van der Waals surface area contributed by atoms with Gasteiger partial charge < -0.3 is 5.32 Å². The van der Waals surface area contributed by atoms with E-state index in [1.165, 1.54) is 11.3 Å². The topological polar surface area (TPSA) is 75.3 Å². The number of carbonyl (C=O) groups is 1. The van der Waals surface area contributed by atoms with Gasteiger partial charge in [0.05, 0.1) is 0 Å². The molecule has 1 amide bonds. The smallest absolute Gasteiger partial charge is 0.262 e. The van der Waals surface area contributed by atoms with E-state index in [0.717, 1.165) is 9.75 Å². The van der Waals surface area contributed by atoms with Crippen LogP contribution < -0.4 is 10.0 Å². The van der Waals surface area contributed by atoms with Crippen LogP contribution in [-0.2, 0) is 10.0 Å². The van der Waals surface area contributed by atoms with Crippen molar-refractivity contribution in [1.29, 1.82) is 0 Å². The molecule has 0 fully saturated rings. The van der Waals surface area contributed by atoms with Gasteiger partial charge in [-0.3, -0.25) is 9.52 Å². The van der Waals surface area contributed by atoms with Crippen molar-refractivity contribution in [3.8, 4) is 0 Å². The summed E-state index contributed by atoms with van der Waals surface area (Å²) < 4.78 is 27.3. The van der Waals surface area contributed by atoms with Crippen molar-refractivity contribution in [2.24, 2.45) is 0 Å². The lowest BCUT2D eigenvalue weighted by atomic mass is 10.2. The van der Waals surface area contributed by atoms with Crippen LogP contribution in [0, 0.1) is 13.8 Å². The Morgan fingerprint density at radius 2 is 1.82 bits per heavy atom. The molecule has 0 atom stereocenters. The highest BCUT2D eigenvalue weighted by molar-refractivity contribution is 7.93. The molecule has 0 unspecified atom stereocenters.